The van der Waals surface area contributed by atoms with Gasteiger partial charge in [-0.05, 0) is 41.6 Å². The third-order valence-corrected chi connectivity index (χ3v) is 2.62. The Kier molecular flexibility index (Phi) is 5.10. The second-order valence-electron chi connectivity index (χ2n) is 2.85. The van der Waals surface area contributed by atoms with Crippen LogP contribution in [0.3, 0.4) is 0 Å². The molecule has 3 heteroatoms. The average molecular weight is 313 g/mol. The number of halogens is 1. The van der Waals surface area contributed by atoms with Crippen LogP contribution in [-0.4, -0.2) is 5.91 Å². The fraction of sp³-hybridized carbons (Fsp3) is 0.0833. The predicted octanol–water partition coefficient (Wildman–Crippen LogP) is 3.36. The maximum atomic E-state index is 11.4. The van der Waals surface area contributed by atoms with Crippen molar-refractivity contribution in [3.63, 3.8) is 0 Å². The highest BCUT2D eigenvalue weighted by Crippen LogP contribution is 2.16. The third-order valence-electron chi connectivity index (χ3n) is 1.68. The SMILES string of the molecule is C/C=C/C=C\C(=O)Nc1ccccc1I. The summed E-state index contributed by atoms with van der Waals surface area (Å²) in [5.41, 5.74) is 0.841. The Morgan fingerprint density at radius 3 is 2.73 bits per heavy atom. The van der Waals surface area contributed by atoms with Crippen LogP contribution >= 0.6 is 22.6 Å². The van der Waals surface area contributed by atoms with Gasteiger partial charge in [-0.15, -0.1) is 0 Å². The molecule has 1 amide bonds. The van der Waals surface area contributed by atoms with Gasteiger partial charge in [0.2, 0.25) is 5.91 Å². The lowest BCUT2D eigenvalue weighted by Crippen LogP contribution is -2.08. The first-order chi connectivity index (χ1) is 7.24. The first-order valence-electron chi connectivity index (χ1n) is 4.59. The molecule has 1 N–H and O–H groups in total. The van der Waals surface area contributed by atoms with Crippen molar-refractivity contribution in [2.24, 2.45) is 0 Å². The number of benzene rings is 1. The molecule has 1 rings (SSSR count). The molecule has 0 radical (unpaired) electrons. The summed E-state index contributed by atoms with van der Waals surface area (Å²) in [7, 11) is 0. The summed E-state index contributed by atoms with van der Waals surface area (Å²) >= 11 is 2.19. The Hall–Kier alpha value is -1.10. The maximum absolute atomic E-state index is 11.4. The van der Waals surface area contributed by atoms with Crippen molar-refractivity contribution in [1.82, 2.24) is 0 Å². The molecule has 0 aliphatic carbocycles. The normalized spacial score (nSPS) is 11.1. The van der Waals surface area contributed by atoms with E-state index in [9.17, 15) is 4.79 Å². The molecule has 0 unspecified atom stereocenters. The molecule has 2 nitrogen and oxygen atoms in total. The molecule has 1 aromatic rings. The van der Waals surface area contributed by atoms with Gasteiger partial charge < -0.3 is 5.32 Å². The zero-order valence-corrected chi connectivity index (χ0v) is 10.6. The molecule has 0 fully saturated rings. The lowest BCUT2D eigenvalue weighted by atomic mass is 10.3. The first-order valence-corrected chi connectivity index (χ1v) is 5.67. The zero-order valence-electron chi connectivity index (χ0n) is 8.41. The van der Waals surface area contributed by atoms with Crippen LogP contribution in [0.2, 0.25) is 0 Å². The molecule has 0 aliphatic heterocycles. The van der Waals surface area contributed by atoms with Crippen LogP contribution in [0, 0.1) is 3.57 Å². The van der Waals surface area contributed by atoms with E-state index in [-0.39, 0.29) is 5.91 Å². The van der Waals surface area contributed by atoms with Gasteiger partial charge in [0.05, 0.1) is 5.69 Å². The number of para-hydroxylation sites is 1. The van der Waals surface area contributed by atoms with Crippen LogP contribution in [0.25, 0.3) is 0 Å². The molecule has 0 atom stereocenters. The maximum Gasteiger partial charge on any atom is 0.248 e. The van der Waals surface area contributed by atoms with E-state index in [1.54, 1.807) is 6.08 Å². The van der Waals surface area contributed by atoms with Crippen molar-refractivity contribution >= 4 is 34.2 Å². The summed E-state index contributed by atoms with van der Waals surface area (Å²) < 4.78 is 1.03. The third kappa shape index (κ3) is 4.29. The van der Waals surface area contributed by atoms with E-state index in [1.165, 1.54) is 6.08 Å². The molecule has 0 heterocycles. The van der Waals surface area contributed by atoms with Gasteiger partial charge in [-0.25, -0.2) is 0 Å². The van der Waals surface area contributed by atoms with Gasteiger partial charge in [-0.1, -0.05) is 30.4 Å². The summed E-state index contributed by atoms with van der Waals surface area (Å²) in [6.07, 6.45) is 6.90. The summed E-state index contributed by atoms with van der Waals surface area (Å²) in [6, 6.07) is 7.66. The van der Waals surface area contributed by atoms with Gasteiger partial charge in [-0.2, -0.15) is 0 Å². The smallest absolute Gasteiger partial charge is 0.248 e. The van der Waals surface area contributed by atoms with Gasteiger partial charge in [-0.3, -0.25) is 4.79 Å². The number of amides is 1. The van der Waals surface area contributed by atoms with Gasteiger partial charge in [0.15, 0.2) is 0 Å². The van der Waals surface area contributed by atoms with Crippen molar-refractivity contribution in [2.75, 3.05) is 5.32 Å². The molecule has 78 valence electrons. The number of anilines is 1. The van der Waals surface area contributed by atoms with E-state index < -0.39 is 0 Å². The minimum absolute atomic E-state index is 0.114. The van der Waals surface area contributed by atoms with Crippen LogP contribution in [0.1, 0.15) is 6.92 Å². The Bertz CT molecular complexity index is 396. The van der Waals surface area contributed by atoms with Crippen molar-refractivity contribution in [2.45, 2.75) is 6.92 Å². The zero-order chi connectivity index (χ0) is 11.1. The fourth-order valence-electron chi connectivity index (χ4n) is 0.991. The highest BCUT2D eigenvalue weighted by molar-refractivity contribution is 14.1. The molecule has 0 aromatic heterocycles. The van der Waals surface area contributed by atoms with Crippen molar-refractivity contribution in [1.29, 1.82) is 0 Å². The number of rotatable bonds is 3. The molecule has 1 aromatic carbocycles. The summed E-state index contributed by atoms with van der Waals surface area (Å²) in [6.45, 7) is 1.91. The quantitative estimate of drug-likeness (QED) is 0.517. The standard InChI is InChI=1S/C12H12INO/c1-2-3-4-9-12(15)14-11-8-6-5-7-10(11)13/h2-9H,1H3,(H,14,15)/b3-2+,9-4-. The predicted molar refractivity (Wildman–Crippen MR) is 71.7 cm³/mol. The molecule has 0 bridgehead atoms. The Morgan fingerprint density at radius 1 is 1.33 bits per heavy atom. The number of allylic oxidation sites excluding steroid dienone is 3. The van der Waals surface area contributed by atoms with Crippen LogP contribution < -0.4 is 5.32 Å². The summed E-state index contributed by atoms with van der Waals surface area (Å²) in [4.78, 5) is 11.4. The number of hydrogen-bond acceptors (Lipinski definition) is 1. The lowest BCUT2D eigenvalue weighted by molar-refractivity contribution is -0.111. The van der Waals surface area contributed by atoms with Crippen molar-refractivity contribution in [3.8, 4) is 0 Å². The van der Waals surface area contributed by atoms with Gasteiger partial charge in [0.25, 0.3) is 0 Å². The summed E-state index contributed by atoms with van der Waals surface area (Å²) in [5.74, 6) is -0.114. The summed E-state index contributed by atoms with van der Waals surface area (Å²) in [5, 5.41) is 2.80. The Balaban J connectivity index is 2.63. The largest absolute Gasteiger partial charge is 0.322 e. The number of carbonyl (C=O) groups excluding carboxylic acids is 1. The van der Waals surface area contributed by atoms with Crippen LogP contribution in [-0.2, 0) is 4.79 Å². The van der Waals surface area contributed by atoms with Crippen LogP contribution in [0.15, 0.2) is 48.6 Å². The first kappa shape index (κ1) is 12.0. The fourth-order valence-corrected chi connectivity index (χ4v) is 1.51. The molecule has 0 spiro atoms. The average Bonchev–Trinajstić information content (AvgIpc) is 2.22. The molecular formula is C12H12INO. The number of carbonyl (C=O) groups is 1. The second-order valence-corrected chi connectivity index (χ2v) is 4.02. The van der Waals surface area contributed by atoms with Crippen LogP contribution in [0.5, 0.6) is 0 Å². The minimum Gasteiger partial charge on any atom is -0.322 e. The lowest BCUT2D eigenvalue weighted by Gasteiger charge is -2.03. The molecule has 0 aliphatic rings. The molecule has 0 saturated carbocycles. The highest BCUT2D eigenvalue weighted by atomic mass is 127. The van der Waals surface area contributed by atoms with Crippen molar-refractivity contribution < 1.29 is 4.79 Å². The van der Waals surface area contributed by atoms with Crippen molar-refractivity contribution in [3.05, 3.63) is 52.1 Å². The second kappa shape index (κ2) is 6.40. The number of nitrogens with one attached hydrogen (secondary N) is 1. The van der Waals surface area contributed by atoms with E-state index in [4.69, 9.17) is 0 Å². The highest BCUT2D eigenvalue weighted by Gasteiger charge is 2.00. The van der Waals surface area contributed by atoms with E-state index in [1.807, 2.05) is 43.3 Å². The molecular weight excluding hydrogens is 301 g/mol. The Labute approximate surface area is 103 Å². The monoisotopic (exact) mass is 313 g/mol. The van der Waals surface area contributed by atoms with Gasteiger partial charge >= 0.3 is 0 Å². The number of hydrogen-bond donors (Lipinski definition) is 1. The minimum atomic E-state index is -0.114. The topological polar surface area (TPSA) is 29.1 Å². The molecule has 0 saturated heterocycles. The Morgan fingerprint density at radius 2 is 2.07 bits per heavy atom. The van der Waals surface area contributed by atoms with Gasteiger partial charge in [0.1, 0.15) is 0 Å². The molecule has 15 heavy (non-hydrogen) atoms. The van der Waals surface area contributed by atoms with E-state index in [2.05, 4.69) is 27.9 Å². The van der Waals surface area contributed by atoms with E-state index in [0.29, 0.717) is 0 Å². The van der Waals surface area contributed by atoms with E-state index in [0.717, 1.165) is 9.26 Å². The van der Waals surface area contributed by atoms with Crippen LogP contribution in [0.4, 0.5) is 5.69 Å². The van der Waals surface area contributed by atoms with Gasteiger partial charge in [0, 0.05) is 9.65 Å². The van der Waals surface area contributed by atoms with E-state index >= 15 is 0 Å².